The standard InChI is InChI=1S/C19H25N3OS/c1-2-17(12-20-6-1)13-22-9-10-23-19(16-22)4-7-21(8-5-19)14-18-3-11-24-15-18/h1-3,6,11-12,15H,4-5,7-10,13-14,16H2. The van der Waals surface area contributed by atoms with Crippen molar-refractivity contribution in [2.75, 3.05) is 32.8 Å². The molecule has 0 N–H and O–H groups in total. The molecule has 0 radical (unpaired) electrons. The van der Waals surface area contributed by atoms with Gasteiger partial charge in [-0.15, -0.1) is 0 Å². The SMILES string of the molecule is c1cncc(CN2CCOC3(CCN(Cc4ccsc4)CC3)C2)c1. The molecule has 5 heteroatoms. The van der Waals surface area contributed by atoms with Crippen molar-refractivity contribution in [3.63, 3.8) is 0 Å². The molecule has 0 bridgehead atoms. The number of piperidine rings is 1. The summed E-state index contributed by atoms with van der Waals surface area (Å²) in [6, 6.07) is 6.43. The highest BCUT2D eigenvalue weighted by Gasteiger charge is 2.39. The van der Waals surface area contributed by atoms with Crippen molar-refractivity contribution < 1.29 is 4.74 Å². The van der Waals surface area contributed by atoms with Gasteiger partial charge in [0.05, 0.1) is 12.2 Å². The highest BCUT2D eigenvalue weighted by Crippen LogP contribution is 2.31. The molecule has 1 spiro atoms. The third kappa shape index (κ3) is 3.86. The molecule has 4 heterocycles. The van der Waals surface area contributed by atoms with Crippen molar-refractivity contribution in [3.8, 4) is 0 Å². The fraction of sp³-hybridized carbons (Fsp3) is 0.526. The van der Waals surface area contributed by atoms with Gasteiger partial charge < -0.3 is 4.74 Å². The van der Waals surface area contributed by atoms with Crippen molar-refractivity contribution in [2.24, 2.45) is 0 Å². The molecular weight excluding hydrogens is 318 g/mol. The molecule has 4 nitrogen and oxygen atoms in total. The van der Waals surface area contributed by atoms with Gasteiger partial charge in [-0.05, 0) is 46.9 Å². The van der Waals surface area contributed by atoms with E-state index in [9.17, 15) is 0 Å². The van der Waals surface area contributed by atoms with E-state index < -0.39 is 0 Å². The van der Waals surface area contributed by atoms with Crippen LogP contribution in [-0.2, 0) is 17.8 Å². The first-order valence-corrected chi connectivity index (χ1v) is 9.74. The maximum atomic E-state index is 6.28. The van der Waals surface area contributed by atoms with Crippen LogP contribution < -0.4 is 0 Å². The first-order chi connectivity index (χ1) is 11.8. The number of likely N-dealkylation sites (tertiary alicyclic amines) is 1. The summed E-state index contributed by atoms with van der Waals surface area (Å²) in [5, 5.41) is 4.43. The summed E-state index contributed by atoms with van der Waals surface area (Å²) in [5.41, 5.74) is 2.80. The minimum atomic E-state index is 0.0611. The van der Waals surface area contributed by atoms with E-state index in [-0.39, 0.29) is 5.60 Å². The van der Waals surface area contributed by atoms with E-state index >= 15 is 0 Å². The van der Waals surface area contributed by atoms with Gasteiger partial charge in [-0.2, -0.15) is 11.3 Å². The number of pyridine rings is 1. The molecule has 4 rings (SSSR count). The molecule has 2 saturated heterocycles. The van der Waals surface area contributed by atoms with Crippen molar-refractivity contribution in [2.45, 2.75) is 31.5 Å². The zero-order chi connectivity index (χ0) is 16.2. The Morgan fingerprint density at radius 1 is 1.08 bits per heavy atom. The van der Waals surface area contributed by atoms with Crippen molar-refractivity contribution >= 4 is 11.3 Å². The van der Waals surface area contributed by atoms with Crippen LogP contribution in [0.1, 0.15) is 24.0 Å². The van der Waals surface area contributed by atoms with Gasteiger partial charge in [-0.1, -0.05) is 6.07 Å². The Morgan fingerprint density at radius 3 is 2.71 bits per heavy atom. The Labute approximate surface area is 148 Å². The second-order valence-corrected chi connectivity index (χ2v) is 7.79. The predicted molar refractivity (Wildman–Crippen MR) is 97.0 cm³/mol. The third-order valence-corrected chi connectivity index (χ3v) is 5.94. The summed E-state index contributed by atoms with van der Waals surface area (Å²) in [5.74, 6) is 0. The van der Waals surface area contributed by atoms with E-state index in [1.165, 1.54) is 11.1 Å². The molecular formula is C19H25N3OS. The summed E-state index contributed by atoms with van der Waals surface area (Å²) in [7, 11) is 0. The van der Waals surface area contributed by atoms with Gasteiger partial charge in [0, 0.05) is 51.7 Å². The highest BCUT2D eigenvalue weighted by molar-refractivity contribution is 7.07. The van der Waals surface area contributed by atoms with E-state index in [0.717, 1.165) is 58.7 Å². The van der Waals surface area contributed by atoms with Crippen LogP contribution in [0.15, 0.2) is 41.4 Å². The number of ether oxygens (including phenoxy) is 1. The number of nitrogens with zero attached hydrogens (tertiary/aromatic N) is 3. The number of thiophene rings is 1. The molecule has 2 fully saturated rings. The summed E-state index contributed by atoms with van der Waals surface area (Å²) in [6.45, 7) is 7.26. The molecule has 2 aromatic rings. The number of hydrogen-bond donors (Lipinski definition) is 0. The fourth-order valence-corrected chi connectivity index (χ4v) is 4.53. The quantitative estimate of drug-likeness (QED) is 0.853. The Morgan fingerprint density at radius 2 is 1.96 bits per heavy atom. The van der Waals surface area contributed by atoms with Crippen molar-refractivity contribution in [1.82, 2.24) is 14.8 Å². The second-order valence-electron chi connectivity index (χ2n) is 7.01. The molecule has 0 saturated carbocycles. The average Bonchev–Trinajstić information content (AvgIpc) is 3.11. The Balaban J connectivity index is 1.32. The molecule has 24 heavy (non-hydrogen) atoms. The van der Waals surface area contributed by atoms with Gasteiger partial charge in [0.25, 0.3) is 0 Å². The summed E-state index contributed by atoms with van der Waals surface area (Å²) < 4.78 is 6.28. The van der Waals surface area contributed by atoms with E-state index in [1.807, 2.05) is 18.5 Å². The van der Waals surface area contributed by atoms with Gasteiger partial charge >= 0.3 is 0 Å². The summed E-state index contributed by atoms with van der Waals surface area (Å²) >= 11 is 1.79. The van der Waals surface area contributed by atoms with Crippen LogP contribution >= 0.6 is 11.3 Å². The van der Waals surface area contributed by atoms with Crippen molar-refractivity contribution in [1.29, 1.82) is 0 Å². The van der Waals surface area contributed by atoms with E-state index in [4.69, 9.17) is 4.74 Å². The number of rotatable bonds is 4. The lowest BCUT2D eigenvalue weighted by Crippen LogP contribution is -2.56. The highest BCUT2D eigenvalue weighted by atomic mass is 32.1. The van der Waals surface area contributed by atoms with Gasteiger partial charge in [0.15, 0.2) is 0 Å². The second kappa shape index (κ2) is 7.31. The lowest BCUT2D eigenvalue weighted by atomic mass is 9.89. The summed E-state index contributed by atoms with van der Waals surface area (Å²) in [6.07, 6.45) is 6.10. The zero-order valence-corrected chi connectivity index (χ0v) is 14.9. The maximum absolute atomic E-state index is 6.28. The van der Waals surface area contributed by atoms with Crippen molar-refractivity contribution in [3.05, 3.63) is 52.5 Å². The Kier molecular flexibility index (Phi) is 4.94. The maximum Gasteiger partial charge on any atom is 0.0833 e. The van der Waals surface area contributed by atoms with Crippen LogP contribution in [-0.4, -0.2) is 53.2 Å². The van der Waals surface area contributed by atoms with Gasteiger partial charge in [-0.3, -0.25) is 14.8 Å². The molecule has 0 atom stereocenters. The lowest BCUT2D eigenvalue weighted by molar-refractivity contribution is -0.138. The number of aromatic nitrogens is 1. The normalized spacial score (nSPS) is 22.0. The van der Waals surface area contributed by atoms with Crippen LogP contribution in [0, 0.1) is 0 Å². The minimum Gasteiger partial charge on any atom is -0.372 e. The molecule has 0 aromatic carbocycles. The minimum absolute atomic E-state index is 0.0611. The van der Waals surface area contributed by atoms with Gasteiger partial charge in [0.2, 0.25) is 0 Å². The Hall–Kier alpha value is -1.27. The smallest absolute Gasteiger partial charge is 0.0833 e. The lowest BCUT2D eigenvalue weighted by Gasteiger charge is -2.47. The molecule has 0 amide bonds. The average molecular weight is 343 g/mol. The monoisotopic (exact) mass is 343 g/mol. The molecule has 2 aliphatic heterocycles. The van der Waals surface area contributed by atoms with Crippen LogP contribution in [0.2, 0.25) is 0 Å². The van der Waals surface area contributed by atoms with E-state index in [2.05, 4.69) is 37.7 Å². The molecule has 0 unspecified atom stereocenters. The van der Waals surface area contributed by atoms with Crippen LogP contribution in [0.3, 0.4) is 0 Å². The summed E-state index contributed by atoms with van der Waals surface area (Å²) in [4.78, 5) is 9.34. The van der Waals surface area contributed by atoms with Gasteiger partial charge in [-0.25, -0.2) is 0 Å². The third-order valence-electron chi connectivity index (χ3n) is 5.21. The zero-order valence-electron chi connectivity index (χ0n) is 14.1. The molecule has 0 aliphatic carbocycles. The Bertz CT molecular complexity index is 623. The number of hydrogen-bond acceptors (Lipinski definition) is 5. The van der Waals surface area contributed by atoms with Gasteiger partial charge in [0.1, 0.15) is 0 Å². The number of morpholine rings is 1. The van der Waals surface area contributed by atoms with E-state index in [0.29, 0.717) is 0 Å². The first kappa shape index (κ1) is 16.2. The molecule has 128 valence electrons. The largest absolute Gasteiger partial charge is 0.372 e. The fourth-order valence-electron chi connectivity index (χ4n) is 3.87. The molecule has 2 aliphatic rings. The van der Waals surface area contributed by atoms with Crippen LogP contribution in [0.5, 0.6) is 0 Å². The topological polar surface area (TPSA) is 28.6 Å². The first-order valence-electron chi connectivity index (χ1n) is 8.80. The van der Waals surface area contributed by atoms with E-state index in [1.54, 1.807) is 11.3 Å². The van der Waals surface area contributed by atoms with Crippen LogP contribution in [0.25, 0.3) is 0 Å². The predicted octanol–water partition coefficient (Wildman–Crippen LogP) is 3.01. The molecule has 2 aromatic heterocycles. The van der Waals surface area contributed by atoms with Crippen LogP contribution in [0.4, 0.5) is 0 Å².